The molecule has 0 saturated heterocycles. The molecule has 24 heavy (non-hydrogen) atoms. The fourth-order valence-corrected chi connectivity index (χ4v) is 2.73. The monoisotopic (exact) mass is 447 g/mol. The van der Waals surface area contributed by atoms with Gasteiger partial charge >= 0.3 is 0 Å². The summed E-state index contributed by atoms with van der Waals surface area (Å²) >= 11 is 0. The van der Waals surface area contributed by atoms with Crippen molar-refractivity contribution in [2.75, 3.05) is 19.7 Å². The Morgan fingerprint density at radius 2 is 2.12 bits per heavy atom. The Kier molecular flexibility index (Phi) is 10.1. The van der Waals surface area contributed by atoms with E-state index in [2.05, 4.69) is 15.6 Å². The van der Waals surface area contributed by atoms with E-state index in [1.807, 2.05) is 38.1 Å². The van der Waals surface area contributed by atoms with Gasteiger partial charge in [0.1, 0.15) is 18.5 Å². The summed E-state index contributed by atoms with van der Waals surface area (Å²) in [6.07, 6.45) is 4.34. The van der Waals surface area contributed by atoms with Crippen LogP contribution in [0.3, 0.4) is 0 Å². The summed E-state index contributed by atoms with van der Waals surface area (Å²) in [4.78, 5) is 4.47. The molecule has 0 spiro atoms. The first-order valence-corrected chi connectivity index (χ1v) is 8.59. The standard InChI is InChI=1S/C18H29N3O2.HI/c1-3-19-18(21-15-8-4-5-9-15)20-12-16(22)13-23-17-10-6-7-14(2)11-17;/h6-7,10-11,15-16,22H,3-5,8-9,12-13H2,1-2H3,(H2,19,20,21);1H. The van der Waals surface area contributed by atoms with Crippen molar-refractivity contribution in [1.29, 1.82) is 0 Å². The van der Waals surface area contributed by atoms with Crippen LogP contribution in [0.5, 0.6) is 5.75 Å². The maximum Gasteiger partial charge on any atom is 0.191 e. The number of guanidine groups is 1. The Hall–Kier alpha value is -1.02. The number of nitrogens with one attached hydrogen (secondary N) is 2. The smallest absolute Gasteiger partial charge is 0.191 e. The molecular formula is C18H30IN3O2. The molecule has 1 aromatic carbocycles. The maximum absolute atomic E-state index is 10.1. The Balaban J connectivity index is 0.00000288. The molecule has 0 bridgehead atoms. The zero-order valence-electron chi connectivity index (χ0n) is 14.6. The molecule has 136 valence electrons. The second-order valence-corrected chi connectivity index (χ2v) is 6.13. The molecule has 1 unspecified atom stereocenters. The zero-order chi connectivity index (χ0) is 16.5. The second kappa shape index (κ2) is 11.5. The van der Waals surface area contributed by atoms with E-state index in [4.69, 9.17) is 4.74 Å². The molecule has 5 nitrogen and oxygen atoms in total. The van der Waals surface area contributed by atoms with Gasteiger partial charge in [0.15, 0.2) is 5.96 Å². The highest BCUT2D eigenvalue weighted by Crippen LogP contribution is 2.17. The van der Waals surface area contributed by atoms with Crippen molar-refractivity contribution >= 4 is 29.9 Å². The summed E-state index contributed by atoms with van der Waals surface area (Å²) in [5, 5.41) is 16.7. The van der Waals surface area contributed by atoms with Crippen molar-refractivity contribution in [2.24, 2.45) is 4.99 Å². The van der Waals surface area contributed by atoms with E-state index in [0.29, 0.717) is 12.6 Å². The van der Waals surface area contributed by atoms with Gasteiger partial charge in [-0.15, -0.1) is 24.0 Å². The normalized spacial score (nSPS) is 16.4. The molecule has 0 amide bonds. The molecule has 0 aliphatic heterocycles. The van der Waals surface area contributed by atoms with E-state index in [1.165, 1.54) is 25.7 Å². The summed E-state index contributed by atoms with van der Waals surface area (Å²) in [5.41, 5.74) is 1.14. The van der Waals surface area contributed by atoms with Gasteiger partial charge in [0.25, 0.3) is 0 Å². The van der Waals surface area contributed by atoms with Gasteiger partial charge in [-0.1, -0.05) is 25.0 Å². The van der Waals surface area contributed by atoms with Crippen LogP contribution in [0.4, 0.5) is 0 Å². The van der Waals surface area contributed by atoms with Gasteiger partial charge in [0.05, 0.1) is 6.54 Å². The van der Waals surface area contributed by atoms with Crippen LogP contribution in [0, 0.1) is 6.92 Å². The first kappa shape index (κ1) is 21.0. The predicted molar refractivity (Wildman–Crippen MR) is 109 cm³/mol. The summed E-state index contributed by atoms with van der Waals surface area (Å²) in [5.74, 6) is 1.57. The molecule has 1 fully saturated rings. The summed E-state index contributed by atoms with van der Waals surface area (Å²) in [6.45, 7) is 5.45. The van der Waals surface area contributed by atoms with Gasteiger partial charge in [-0.05, 0) is 44.4 Å². The number of aliphatic hydroxyl groups is 1. The van der Waals surface area contributed by atoms with Crippen molar-refractivity contribution < 1.29 is 9.84 Å². The van der Waals surface area contributed by atoms with Crippen molar-refractivity contribution in [3.05, 3.63) is 29.8 Å². The van der Waals surface area contributed by atoms with Crippen LogP contribution >= 0.6 is 24.0 Å². The number of aliphatic imine (C=N–C) groups is 1. The Morgan fingerprint density at radius 3 is 2.79 bits per heavy atom. The van der Waals surface area contributed by atoms with Crippen LogP contribution in [0.15, 0.2) is 29.3 Å². The van der Waals surface area contributed by atoms with Crippen molar-refractivity contribution in [3.8, 4) is 5.75 Å². The SMILES string of the molecule is CCNC(=NCC(O)COc1cccc(C)c1)NC1CCCC1.I. The van der Waals surface area contributed by atoms with E-state index in [1.54, 1.807) is 0 Å². The molecular weight excluding hydrogens is 417 g/mol. The highest BCUT2D eigenvalue weighted by atomic mass is 127. The molecule has 1 aliphatic carbocycles. The summed E-state index contributed by atoms with van der Waals surface area (Å²) < 4.78 is 5.61. The third-order valence-corrected chi connectivity index (χ3v) is 3.93. The van der Waals surface area contributed by atoms with E-state index in [-0.39, 0.29) is 30.6 Å². The van der Waals surface area contributed by atoms with E-state index < -0.39 is 6.10 Å². The highest BCUT2D eigenvalue weighted by Gasteiger charge is 2.16. The van der Waals surface area contributed by atoms with E-state index in [0.717, 1.165) is 23.8 Å². The average molecular weight is 447 g/mol. The number of hydrogen-bond acceptors (Lipinski definition) is 3. The molecule has 6 heteroatoms. The van der Waals surface area contributed by atoms with Gasteiger partial charge in [-0.25, -0.2) is 0 Å². The van der Waals surface area contributed by atoms with Crippen LogP contribution < -0.4 is 15.4 Å². The van der Waals surface area contributed by atoms with Crippen molar-refractivity contribution in [1.82, 2.24) is 10.6 Å². The lowest BCUT2D eigenvalue weighted by Crippen LogP contribution is -2.43. The number of hydrogen-bond donors (Lipinski definition) is 3. The molecule has 1 aliphatic rings. The van der Waals surface area contributed by atoms with Gasteiger partial charge in [0, 0.05) is 12.6 Å². The molecule has 0 heterocycles. The topological polar surface area (TPSA) is 65.9 Å². The van der Waals surface area contributed by atoms with Gasteiger partial charge in [-0.2, -0.15) is 0 Å². The maximum atomic E-state index is 10.1. The van der Waals surface area contributed by atoms with Crippen molar-refractivity contribution in [2.45, 2.75) is 51.7 Å². The van der Waals surface area contributed by atoms with Crippen LogP contribution in [0.1, 0.15) is 38.2 Å². The van der Waals surface area contributed by atoms with Gasteiger partial charge < -0.3 is 20.5 Å². The molecule has 2 rings (SSSR count). The molecule has 0 radical (unpaired) electrons. The number of aliphatic hydroxyl groups excluding tert-OH is 1. The van der Waals surface area contributed by atoms with Crippen molar-refractivity contribution in [3.63, 3.8) is 0 Å². The van der Waals surface area contributed by atoms with Crippen LogP contribution in [-0.2, 0) is 0 Å². The Labute approximate surface area is 162 Å². The molecule has 1 saturated carbocycles. The minimum absolute atomic E-state index is 0. The number of rotatable bonds is 7. The minimum atomic E-state index is -0.616. The van der Waals surface area contributed by atoms with Crippen LogP contribution in [0.2, 0.25) is 0 Å². The number of benzene rings is 1. The zero-order valence-corrected chi connectivity index (χ0v) is 17.0. The van der Waals surface area contributed by atoms with Gasteiger partial charge in [0.2, 0.25) is 0 Å². The average Bonchev–Trinajstić information content (AvgIpc) is 3.04. The third-order valence-electron chi connectivity index (χ3n) is 3.93. The Morgan fingerprint density at radius 1 is 1.38 bits per heavy atom. The summed E-state index contributed by atoms with van der Waals surface area (Å²) in [7, 11) is 0. The van der Waals surface area contributed by atoms with E-state index >= 15 is 0 Å². The van der Waals surface area contributed by atoms with Gasteiger partial charge in [-0.3, -0.25) is 4.99 Å². The minimum Gasteiger partial charge on any atom is -0.491 e. The largest absolute Gasteiger partial charge is 0.491 e. The summed E-state index contributed by atoms with van der Waals surface area (Å²) in [6, 6.07) is 8.33. The fourth-order valence-electron chi connectivity index (χ4n) is 2.73. The number of nitrogens with zero attached hydrogens (tertiary/aromatic N) is 1. The van der Waals surface area contributed by atoms with Crippen LogP contribution in [-0.4, -0.2) is 42.9 Å². The first-order chi connectivity index (χ1) is 11.2. The lowest BCUT2D eigenvalue weighted by Gasteiger charge is -2.17. The van der Waals surface area contributed by atoms with Crippen LogP contribution in [0.25, 0.3) is 0 Å². The first-order valence-electron chi connectivity index (χ1n) is 8.59. The second-order valence-electron chi connectivity index (χ2n) is 6.13. The third kappa shape index (κ3) is 7.70. The predicted octanol–water partition coefficient (Wildman–Crippen LogP) is 2.85. The number of halogens is 1. The quantitative estimate of drug-likeness (QED) is 0.342. The highest BCUT2D eigenvalue weighted by molar-refractivity contribution is 14.0. The molecule has 3 N–H and O–H groups in total. The molecule has 0 aromatic heterocycles. The lowest BCUT2D eigenvalue weighted by atomic mass is 10.2. The Bertz CT molecular complexity index is 505. The molecule has 1 atom stereocenters. The number of aryl methyl sites for hydroxylation is 1. The fraction of sp³-hybridized carbons (Fsp3) is 0.611. The lowest BCUT2D eigenvalue weighted by molar-refractivity contribution is 0.114. The number of ether oxygens (including phenoxy) is 1. The molecule has 1 aromatic rings. The van der Waals surface area contributed by atoms with E-state index in [9.17, 15) is 5.11 Å².